The van der Waals surface area contributed by atoms with Gasteiger partial charge in [0.1, 0.15) is 5.60 Å². The van der Waals surface area contributed by atoms with Gasteiger partial charge in [0, 0.05) is 11.8 Å². The fourth-order valence-corrected chi connectivity index (χ4v) is 1.37. The van der Waals surface area contributed by atoms with Crippen molar-refractivity contribution in [3.8, 4) is 0 Å². The Labute approximate surface area is 95.9 Å². The number of ether oxygens (including phenoxy) is 1. The minimum absolute atomic E-state index is 0.422. The summed E-state index contributed by atoms with van der Waals surface area (Å²) in [5.41, 5.74) is 6.15. The Morgan fingerprint density at radius 1 is 1.31 bits per heavy atom. The number of esters is 1. The summed E-state index contributed by atoms with van der Waals surface area (Å²) in [6.07, 6.45) is 1.28. The lowest BCUT2D eigenvalue weighted by molar-refractivity contribution is -0.151. The summed E-state index contributed by atoms with van der Waals surface area (Å²) in [6.45, 7) is 5.34. The lowest BCUT2D eigenvalue weighted by Crippen LogP contribution is -2.24. The lowest BCUT2D eigenvalue weighted by atomic mass is 9.98. The maximum absolute atomic E-state index is 11.5. The quantitative estimate of drug-likeness (QED) is 0.627. The van der Waals surface area contributed by atoms with Crippen LogP contribution in [0.1, 0.15) is 26.3 Å². The Kier molecular flexibility index (Phi) is 3.72. The van der Waals surface area contributed by atoms with Crippen molar-refractivity contribution in [1.29, 1.82) is 0 Å². The number of carbonyl (C=O) groups excluding carboxylic acids is 1. The zero-order valence-electron chi connectivity index (χ0n) is 9.86. The smallest absolute Gasteiger partial charge is 0.333 e. The van der Waals surface area contributed by atoms with Crippen LogP contribution in [-0.2, 0) is 15.1 Å². The second kappa shape index (κ2) is 4.84. The Morgan fingerprint density at radius 3 is 2.38 bits per heavy atom. The normalized spacial score (nSPS) is 12.3. The Morgan fingerprint density at radius 2 is 1.88 bits per heavy atom. The van der Waals surface area contributed by atoms with Gasteiger partial charge in [0.2, 0.25) is 0 Å². The van der Waals surface area contributed by atoms with Crippen molar-refractivity contribution in [2.45, 2.75) is 26.4 Å². The van der Waals surface area contributed by atoms with E-state index in [0.717, 1.165) is 5.56 Å². The molecule has 86 valence electrons. The molecular formula is C13H17NO2. The van der Waals surface area contributed by atoms with Gasteiger partial charge in [-0.05, 0) is 26.3 Å². The average molecular weight is 219 g/mol. The van der Waals surface area contributed by atoms with Crippen LogP contribution in [0.3, 0.4) is 0 Å². The van der Waals surface area contributed by atoms with Crippen LogP contribution in [0.2, 0.25) is 0 Å². The van der Waals surface area contributed by atoms with E-state index in [0.29, 0.717) is 5.70 Å². The molecule has 0 heterocycles. The monoisotopic (exact) mass is 219 g/mol. The highest BCUT2D eigenvalue weighted by Crippen LogP contribution is 2.24. The number of hydrogen-bond donors (Lipinski definition) is 1. The molecule has 0 aliphatic carbocycles. The van der Waals surface area contributed by atoms with Crippen molar-refractivity contribution in [2.75, 3.05) is 0 Å². The molecule has 0 radical (unpaired) electrons. The number of allylic oxidation sites excluding steroid dienone is 1. The molecule has 2 N–H and O–H groups in total. The van der Waals surface area contributed by atoms with E-state index < -0.39 is 11.6 Å². The molecule has 16 heavy (non-hydrogen) atoms. The molecule has 0 unspecified atom stereocenters. The van der Waals surface area contributed by atoms with E-state index in [2.05, 4.69) is 0 Å². The first-order valence-corrected chi connectivity index (χ1v) is 5.14. The molecule has 0 amide bonds. The predicted molar refractivity (Wildman–Crippen MR) is 63.5 cm³/mol. The van der Waals surface area contributed by atoms with E-state index in [1.165, 1.54) is 6.08 Å². The fourth-order valence-electron chi connectivity index (χ4n) is 1.37. The standard InChI is InChI=1S/C13H17NO2/c1-10(14)9-12(15)16-13(2,3)11-7-5-4-6-8-11/h4-9H,14H2,1-3H3/b10-9-. The molecule has 0 aromatic heterocycles. The molecule has 1 aromatic carbocycles. The van der Waals surface area contributed by atoms with Crippen LogP contribution in [0.15, 0.2) is 42.1 Å². The Balaban J connectivity index is 2.80. The highest BCUT2D eigenvalue weighted by Gasteiger charge is 2.24. The molecular weight excluding hydrogens is 202 g/mol. The third-order valence-electron chi connectivity index (χ3n) is 2.17. The highest BCUT2D eigenvalue weighted by molar-refractivity contribution is 5.83. The summed E-state index contributed by atoms with van der Waals surface area (Å²) in [5.74, 6) is -0.422. The Hall–Kier alpha value is -1.77. The second-order valence-electron chi connectivity index (χ2n) is 4.19. The van der Waals surface area contributed by atoms with Crippen molar-refractivity contribution in [3.63, 3.8) is 0 Å². The van der Waals surface area contributed by atoms with E-state index in [9.17, 15) is 4.79 Å². The second-order valence-corrected chi connectivity index (χ2v) is 4.19. The summed E-state index contributed by atoms with van der Waals surface area (Å²) in [5, 5.41) is 0. The highest BCUT2D eigenvalue weighted by atomic mass is 16.6. The van der Waals surface area contributed by atoms with Crippen LogP contribution in [0.25, 0.3) is 0 Å². The van der Waals surface area contributed by atoms with Gasteiger partial charge in [-0.1, -0.05) is 30.3 Å². The molecule has 0 saturated heterocycles. The van der Waals surface area contributed by atoms with Gasteiger partial charge in [0.05, 0.1) is 0 Å². The number of nitrogens with two attached hydrogens (primary N) is 1. The van der Waals surface area contributed by atoms with Crippen LogP contribution in [-0.4, -0.2) is 5.97 Å². The first-order chi connectivity index (χ1) is 7.42. The first-order valence-electron chi connectivity index (χ1n) is 5.14. The average Bonchev–Trinajstić information content (AvgIpc) is 2.16. The summed E-state index contributed by atoms with van der Waals surface area (Å²) >= 11 is 0. The van der Waals surface area contributed by atoms with Gasteiger partial charge in [0.25, 0.3) is 0 Å². The summed E-state index contributed by atoms with van der Waals surface area (Å²) in [7, 11) is 0. The molecule has 0 saturated carbocycles. The molecule has 1 aromatic rings. The lowest BCUT2D eigenvalue weighted by Gasteiger charge is -2.24. The molecule has 0 atom stereocenters. The number of carbonyl (C=O) groups is 1. The van der Waals surface area contributed by atoms with Crippen molar-refractivity contribution in [2.24, 2.45) is 5.73 Å². The summed E-state index contributed by atoms with van der Waals surface area (Å²) < 4.78 is 5.34. The SMILES string of the molecule is C/C(N)=C/C(=O)OC(C)(C)c1ccccc1. The molecule has 3 nitrogen and oxygen atoms in total. The predicted octanol–water partition coefficient (Wildman–Crippen LogP) is 2.33. The van der Waals surface area contributed by atoms with E-state index in [4.69, 9.17) is 10.5 Å². The third-order valence-corrected chi connectivity index (χ3v) is 2.17. The molecule has 0 spiro atoms. The molecule has 0 fully saturated rings. The number of benzene rings is 1. The Bertz CT molecular complexity index is 390. The van der Waals surface area contributed by atoms with Gasteiger partial charge in [-0.25, -0.2) is 4.79 Å². The zero-order chi connectivity index (χ0) is 12.2. The fraction of sp³-hybridized carbons (Fsp3) is 0.308. The van der Waals surface area contributed by atoms with E-state index in [1.807, 2.05) is 44.2 Å². The number of rotatable bonds is 3. The van der Waals surface area contributed by atoms with Gasteiger partial charge < -0.3 is 10.5 Å². The maximum Gasteiger partial charge on any atom is 0.333 e. The summed E-state index contributed by atoms with van der Waals surface area (Å²) in [6, 6.07) is 9.59. The zero-order valence-corrected chi connectivity index (χ0v) is 9.86. The van der Waals surface area contributed by atoms with E-state index >= 15 is 0 Å². The summed E-state index contributed by atoms with van der Waals surface area (Å²) in [4.78, 5) is 11.5. The number of hydrogen-bond acceptors (Lipinski definition) is 3. The van der Waals surface area contributed by atoms with Gasteiger partial charge >= 0.3 is 5.97 Å². The van der Waals surface area contributed by atoms with Crippen LogP contribution in [0, 0.1) is 0 Å². The maximum atomic E-state index is 11.5. The van der Waals surface area contributed by atoms with Crippen LogP contribution >= 0.6 is 0 Å². The molecule has 0 bridgehead atoms. The van der Waals surface area contributed by atoms with E-state index in [-0.39, 0.29) is 0 Å². The minimum atomic E-state index is -0.649. The van der Waals surface area contributed by atoms with Crippen LogP contribution in [0.5, 0.6) is 0 Å². The molecule has 3 heteroatoms. The van der Waals surface area contributed by atoms with Crippen molar-refractivity contribution >= 4 is 5.97 Å². The van der Waals surface area contributed by atoms with Crippen molar-refractivity contribution in [3.05, 3.63) is 47.7 Å². The van der Waals surface area contributed by atoms with Crippen molar-refractivity contribution in [1.82, 2.24) is 0 Å². The van der Waals surface area contributed by atoms with Gasteiger partial charge in [-0.15, -0.1) is 0 Å². The van der Waals surface area contributed by atoms with Gasteiger partial charge in [-0.2, -0.15) is 0 Å². The molecule has 0 aliphatic rings. The molecule has 0 aliphatic heterocycles. The van der Waals surface area contributed by atoms with Crippen LogP contribution < -0.4 is 5.73 Å². The van der Waals surface area contributed by atoms with E-state index in [1.54, 1.807) is 6.92 Å². The third kappa shape index (κ3) is 3.42. The van der Waals surface area contributed by atoms with Crippen LogP contribution in [0.4, 0.5) is 0 Å². The largest absolute Gasteiger partial charge is 0.452 e. The minimum Gasteiger partial charge on any atom is -0.452 e. The van der Waals surface area contributed by atoms with Gasteiger partial charge in [-0.3, -0.25) is 0 Å². The first kappa shape index (κ1) is 12.3. The topological polar surface area (TPSA) is 52.3 Å². The van der Waals surface area contributed by atoms with Gasteiger partial charge in [0.15, 0.2) is 0 Å². The molecule has 1 rings (SSSR count). The van der Waals surface area contributed by atoms with Crippen molar-refractivity contribution < 1.29 is 9.53 Å².